The van der Waals surface area contributed by atoms with Gasteiger partial charge in [0, 0.05) is 6.54 Å². The predicted molar refractivity (Wildman–Crippen MR) is 83.8 cm³/mol. The number of halogens is 1. The van der Waals surface area contributed by atoms with Crippen molar-refractivity contribution in [3.05, 3.63) is 11.3 Å². The van der Waals surface area contributed by atoms with Crippen LogP contribution in [0.15, 0.2) is 6.20 Å². The highest BCUT2D eigenvalue weighted by molar-refractivity contribution is 6.30. The first-order chi connectivity index (χ1) is 9.73. The monoisotopic (exact) mass is 313 g/mol. The predicted octanol–water partition coefficient (Wildman–Crippen LogP) is 3.13. The number of aromatic nitrogens is 2. The van der Waals surface area contributed by atoms with Crippen LogP contribution in [-0.4, -0.2) is 34.8 Å². The highest BCUT2D eigenvalue weighted by Crippen LogP contribution is 2.46. The van der Waals surface area contributed by atoms with Gasteiger partial charge in [-0.25, -0.2) is 4.98 Å². The Morgan fingerprint density at radius 2 is 2.14 bits per heavy atom. The molecule has 1 saturated carbocycles. The molecule has 1 aliphatic rings. The molecule has 0 radical (unpaired) electrons. The minimum Gasteiger partial charge on any atom is -0.492 e. The SMILES string of the molecule is COc1cnc(NCC2(C)CC(O)CC(C)(C)C2)nc1Cl. The molecule has 1 aliphatic carbocycles. The lowest BCUT2D eigenvalue weighted by atomic mass is 9.63. The van der Waals surface area contributed by atoms with Crippen LogP contribution in [0.4, 0.5) is 5.95 Å². The first-order valence-corrected chi connectivity index (χ1v) is 7.59. The molecule has 1 fully saturated rings. The maximum Gasteiger partial charge on any atom is 0.224 e. The number of anilines is 1. The van der Waals surface area contributed by atoms with Gasteiger partial charge in [-0.15, -0.1) is 0 Å². The van der Waals surface area contributed by atoms with E-state index in [1.807, 2.05) is 0 Å². The number of hydrogen-bond acceptors (Lipinski definition) is 5. The van der Waals surface area contributed by atoms with Gasteiger partial charge in [-0.05, 0) is 30.1 Å². The van der Waals surface area contributed by atoms with E-state index in [-0.39, 0.29) is 16.9 Å². The molecule has 2 atom stereocenters. The molecular formula is C15H24ClN3O2. The van der Waals surface area contributed by atoms with Crippen LogP contribution in [0.3, 0.4) is 0 Å². The van der Waals surface area contributed by atoms with Gasteiger partial charge in [0.25, 0.3) is 0 Å². The Labute approximate surface area is 131 Å². The van der Waals surface area contributed by atoms with Gasteiger partial charge in [0.1, 0.15) is 0 Å². The van der Waals surface area contributed by atoms with Gasteiger partial charge in [0.2, 0.25) is 5.95 Å². The van der Waals surface area contributed by atoms with Gasteiger partial charge in [0.05, 0.1) is 19.4 Å². The lowest BCUT2D eigenvalue weighted by Crippen LogP contribution is -2.42. The van der Waals surface area contributed by atoms with Crippen LogP contribution < -0.4 is 10.1 Å². The van der Waals surface area contributed by atoms with Crippen LogP contribution in [0.25, 0.3) is 0 Å². The maximum absolute atomic E-state index is 10.1. The molecule has 2 unspecified atom stereocenters. The number of nitrogens with zero attached hydrogens (tertiary/aromatic N) is 2. The van der Waals surface area contributed by atoms with Gasteiger partial charge in [-0.3, -0.25) is 0 Å². The second-order valence-corrected chi connectivity index (χ2v) is 7.48. The molecule has 0 amide bonds. The van der Waals surface area contributed by atoms with Crippen molar-refractivity contribution in [2.75, 3.05) is 19.0 Å². The number of ether oxygens (including phenoxy) is 1. The van der Waals surface area contributed by atoms with Crippen molar-refractivity contribution < 1.29 is 9.84 Å². The Balaban J connectivity index is 2.03. The lowest BCUT2D eigenvalue weighted by Gasteiger charge is -2.45. The van der Waals surface area contributed by atoms with E-state index in [1.54, 1.807) is 6.20 Å². The van der Waals surface area contributed by atoms with Crippen molar-refractivity contribution in [1.29, 1.82) is 0 Å². The van der Waals surface area contributed by atoms with Gasteiger partial charge in [-0.2, -0.15) is 4.98 Å². The van der Waals surface area contributed by atoms with Crippen molar-refractivity contribution in [1.82, 2.24) is 9.97 Å². The summed E-state index contributed by atoms with van der Waals surface area (Å²) in [4.78, 5) is 8.36. The third-order valence-corrected chi connectivity index (χ3v) is 4.30. The average molecular weight is 314 g/mol. The zero-order valence-electron chi connectivity index (χ0n) is 13.1. The fraction of sp³-hybridized carbons (Fsp3) is 0.733. The summed E-state index contributed by atoms with van der Waals surface area (Å²) in [7, 11) is 1.53. The number of rotatable bonds is 4. The Kier molecular flexibility index (Phi) is 4.63. The van der Waals surface area contributed by atoms with E-state index in [0.717, 1.165) is 19.3 Å². The number of methoxy groups -OCH3 is 1. The second kappa shape index (κ2) is 5.97. The molecule has 2 N–H and O–H groups in total. The summed E-state index contributed by atoms with van der Waals surface area (Å²) < 4.78 is 5.04. The van der Waals surface area contributed by atoms with Crippen LogP contribution in [0.2, 0.25) is 5.15 Å². The lowest BCUT2D eigenvalue weighted by molar-refractivity contribution is -0.00324. The average Bonchev–Trinajstić information content (AvgIpc) is 2.33. The van der Waals surface area contributed by atoms with Crippen molar-refractivity contribution in [3.63, 3.8) is 0 Å². The summed E-state index contributed by atoms with van der Waals surface area (Å²) in [6.45, 7) is 7.30. The molecule has 21 heavy (non-hydrogen) atoms. The maximum atomic E-state index is 10.1. The Bertz CT molecular complexity index is 510. The van der Waals surface area contributed by atoms with E-state index in [9.17, 15) is 5.11 Å². The first kappa shape index (κ1) is 16.3. The minimum atomic E-state index is -0.249. The van der Waals surface area contributed by atoms with Crippen LogP contribution in [0.5, 0.6) is 5.75 Å². The summed E-state index contributed by atoms with van der Waals surface area (Å²) in [5.74, 6) is 0.947. The summed E-state index contributed by atoms with van der Waals surface area (Å²) in [5.41, 5.74) is 0.156. The summed E-state index contributed by atoms with van der Waals surface area (Å²) in [5, 5.41) is 13.6. The van der Waals surface area contributed by atoms with Crippen LogP contribution in [0, 0.1) is 10.8 Å². The van der Waals surface area contributed by atoms with Crippen molar-refractivity contribution in [3.8, 4) is 5.75 Å². The molecule has 0 saturated heterocycles. The van der Waals surface area contributed by atoms with Gasteiger partial charge in [-0.1, -0.05) is 32.4 Å². The first-order valence-electron chi connectivity index (χ1n) is 7.22. The van der Waals surface area contributed by atoms with Crippen molar-refractivity contribution in [2.45, 2.75) is 46.1 Å². The zero-order valence-corrected chi connectivity index (χ0v) is 13.9. The summed E-state index contributed by atoms with van der Waals surface area (Å²) >= 11 is 6.00. The van der Waals surface area contributed by atoms with Crippen molar-refractivity contribution in [2.24, 2.45) is 10.8 Å². The third-order valence-electron chi connectivity index (χ3n) is 4.03. The number of nitrogens with one attached hydrogen (secondary N) is 1. The Hall–Kier alpha value is -1.07. The molecule has 0 aliphatic heterocycles. The highest BCUT2D eigenvalue weighted by Gasteiger charge is 2.40. The molecule has 1 aromatic heterocycles. The molecular weight excluding hydrogens is 290 g/mol. The van der Waals surface area contributed by atoms with Crippen LogP contribution in [0.1, 0.15) is 40.0 Å². The number of hydrogen-bond donors (Lipinski definition) is 2. The van der Waals surface area contributed by atoms with E-state index in [0.29, 0.717) is 23.4 Å². The number of aliphatic hydroxyl groups is 1. The Morgan fingerprint density at radius 3 is 2.71 bits per heavy atom. The van der Waals surface area contributed by atoms with E-state index >= 15 is 0 Å². The highest BCUT2D eigenvalue weighted by atomic mass is 35.5. The fourth-order valence-corrected chi connectivity index (χ4v) is 3.78. The molecule has 1 aromatic rings. The molecule has 5 nitrogen and oxygen atoms in total. The smallest absolute Gasteiger partial charge is 0.224 e. The molecule has 2 rings (SSSR count). The van der Waals surface area contributed by atoms with Gasteiger partial charge in [0.15, 0.2) is 10.9 Å². The summed E-state index contributed by atoms with van der Waals surface area (Å²) in [6, 6.07) is 0. The molecule has 0 bridgehead atoms. The normalized spacial score (nSPS) is 28.2. The van der Waals surface area contributed by atoms with Crippen LogP contribution >= 0.6 is 11.6 Å². The van der Waals surface area contributed by atoms with Gasteiger partial charge < -0.3 is 15.2 Å². The van der Waals surface area contributed by atoms with E-state index < -0.39 is 0 Å². The van der Waals surface area contributed by atoms with E-state index in [1.165, 1.54) is 7.11 Å². The largest absolute Gasteiger partial charge is 0.492 e. The minimum absolute atomic E-state index is 0.0108. The van der Waals surface area contributed by atoms with Crippen molar-refractivity contribution >= 4 is 17.5 Å². The quantitative estimate of drug-likeness (QED) is 0.836. The topological polar surface area (TPSA) is 67.3 Å². The molecule has 118 valence electrons. The van der Waals surface area contributed by atoms with E-state index in [2.05, 4.69) is 36.1 Å². The fourth-order valence-electron chi connectivity index (χ4n) is 3.58. The summed E-state index contributed by atoms with van der Waals surface area (Å²) in [6.07, 6.45) is 4.00. The van der Waals surface area contributed by atoms with E-state index in [4.69, 9.17) is 16.3 Å². The third kappa shape index (κ3) is 4.20. The molecule has 6 heteroatoms. The standard InChI is InChI=1S/C15H24ClN3O2/c1-14(2)5-10(20)6-15(3,8-14)9-18-13-17-7-11(21-4)12(16)19-13/h7,10,20H,5-6,8-9H2,1-4H3,(H,17,18,19). The zero-order chi connectivity index (χ0) is 15.7. The molecule has 0 aromatic carbocycles. The molecule has 1 heterocycles. The Morgan fingerprint density at radius 1 is 1.43 bits per heavy atom. The van der Waals surface area contributed by atoms with Gasteiger partial charge >= 0.3 is 0 Å². The number of aliphatic hydroxyl groups excluding tert-OH is 1. The van der Waals surface area contributed by atoms with Crippen LogP contribution in [-0.2, 0) is 0 Å². The second-order valence-electron chi connectivity index (χ2n) is 7.12. The molecule has 0 spiro atoms.